The molecule has 136 valence electrons. The van der Waals surface area contributed by atoms with Gasteiger partial charge in [-0.25, -0.2) is 0 Å². The highest BCUT2D eigenvalue weighted by molar-refractivity contribution is 8.17. The lowest BCUT2D eigenvalue weighted by Gasteiger charge is -2.18. The van der Waals surface area contributed by atoms with Crippen LogP contribution in [0.25, 0.3) is 0 Å². The number of allylic oxidation sites excluding steroid dienone is 2. The zero-order valence-electron chi connectivity index (χ0n) is 16.0. The maximum absolute atomic E-state index is 4.51. The summed E-state index contributed by atoms with van der Waals surface area (Å²) in [4.78, 5) is 6.64. The van der Waals surface area contributed by atoms with Crippen LogP contribution in [0.15, 0.2) is 52.6 Å². The molecule has 0 unspecified atom stereocenters. The first-order valence-corrected chi connectivity index (χ1v) is 9.87. The average molecular weight is 358 g/mol. The number of rotatable bonds is 7. The van der Waals surface area contributed by atoms with Crippen LogP contribution in [-0.2, 0) is 6.42 Å². The van der Waals surface area contributed by atoms with Crippen molar-refractivity contribution in [3.63, 3.8) is 0 Å². The van der Waals surface area contributed by atoms with Gasteiger partial charge >= 0.3 is 0 Å². The Morgan fingerprint density at radius 1 is 1.36 bits per heavy atom. The summed E-state index contributed by atoms with van der Waals surface area (Å²) in [7, 11) is 6.04. The molecule has 0 radical (unpaired) electrons. The minimum Gasteiger partial charge on any atom is -0.378 e. The highest BCUT2D eigenvalue weighted by Gasteiger charge is 2.21. The van der Waals surface area contributed by atoms with Gasteiger partial charge in [-0.05, 0) is 37.5 Å². The maximum atomic E-state index is 4.51. The van der Waals surface area contributed by atoms with Gasteiger partial charge in [0.1, 0.15) is 0 Å². The van der Waals surface area contributed by atoms with E-state index in [0.717, 1.165) is 11.4 Å². The molecule has 1 aromatic carbocycles. The quantitative estimate of drug-likeness (QED) is 0.536. The van der Waals surface area contributed by atoms with Gasteiger partial charge in [-0.15, -0.1) is 0 Å². The van der Waals surface area contributed by atoms with Crippen LogP contribution in [0.3, 0.4) is 0 Å². The number of anilines is 1. The summed E-state index contributed by atoms with van der Waals surface area (Å²) in [6.45, 7) is 6.28. The molecule has 1 N–H and O–H groups in total. The Bertz CT molecular complexity index is 640. The van der Waals surface area contributed by atoms with Gasteiger partial charge in [-0.3, -0.25) is 4.99 Å². The molecule has 25 heavy (non-hydrogen) atoms. The van der Waals surface area contributed by atoms with E-state index >= 15 is 0 Å². The Labute approximate surface area is 157 Å². The van der Waals surface area contributed by atoms with Gasteiger partial charge in [0.15, 0.2) is 0 Å². The topological polar surface area (TPSA) is 27.6 Å². The van der Waals surface area contributed by atoms with Crippen molar-refractivity contribution in [1.82, 2.24) is 5.32 Å². The maximum Gasteiger partial charge on any atom is 0.0764 e. The van der Waals surface area contributed by atoms with Crippen LogP contribution < -0.4 is 10.2 Å². The van der Waals surface area contributed by atoms with Crippen LogP contribution >= 0.6 is 11.8 Å². The zero-order valence-corrected chi connectivity index (χ0v) is 16.8. The first-order valence-electron chi connectivity index (χ1n) is 9.05. The molecular weight excluding hydrogens is 326 g/mol. The minimum absolute atomic E-state index is 0.624. The molecule has 1 saturated carbocycles. The van der Waals surface area contributed by atoms with Crippen LogP contribution in [0, 0.1) is 5.92 Å². The third-order valence-corrected chi connectivity index (χ3v) is 5.70. The highest BCUT2D eigenvalue weighted by Crippen LogP contribution is 2.32. The molecule has 0 aromatic heterocycles. The van der Waals surface area contributed by atoms with Gasteiger partial charge in [0.25, 0.3) is 0 Å². The SMILES string of the molecule is C=C(N/C(=C\C)Cc1cccc(N(C)C)c1)SC(=NC)C1CCCC1. The molecule has 1 fully saturated rings. The lowest BCUT2D eigenvalue weighted by atomic mass is 10.1. The Morgan fingerprint density at radius 3 is 2.68 bits per heavy atom. The van der Waals surface area contributed by atoms with E-state index in [-0.39, 0.29) is 0 Å². The molecule has 0 bridgehead atoms. The molecule has 0 aliphatic heterocycles. The lowest BCUT2D eigenvalue weighted by molar-refractivity contribution is 0.738. The molecule has 0 saturated heterocycles. The van der Waals surface area contributed by atoms with Gasteiger partial charge in [-0.1, -0.05) is 49.4 Å². The predicted octanol–water partition coefficient (Wildman–Crippen LogP) is 5.21. The Balaban J connectivity index is 1.95. The first kappa shape index (κ1) is 19.6. The molecule has 1 aliphatic carbocycles. The van der Waals surface area contributed by atoms with Crippen molar-refractivity contribution in [1.29, 1.82) is 0 Å². The van der Waals surface area contributed by atoms with Crippen molar-refractivity contribution >= 4 is 22.5 Å². The van der Waals surface area contributed by atoms with E-state index in [9.17, 15) is 0 Å². The van der Waals surface area contributed by atoms with Crippen LogP contribution in [0.5, 0.6) is 0 Å². The molecule has 2 rings (SSSR count). The Kier molecular flexibility index (Phi) is 7.63. The van der Waals surface area contributed by atoms with E-state index in [2.05, 4.69) is 73.1 Å². The number of aliphatic imine (C=N–C) groups is 1. The van der Waals surface area contributed by atoms with E-state index < -0.39 is 0 Å². The van der Waals surface area contributed by atoms with Gasteiger partial charge in [-0.2, -0.15) is 0 Å². The van der Waals surface area contributed by atoms with E-state index in [0.29, 0.717) is 5.92 Å². The second kappa shape index (κ2) is 9.71. The fraction of sp³-hybridized carbons (Fsp3) is 0.476. The Morgan fingerprint density at radius 2 is 2.08 bits per heavy atom. The molecule has 1 aliphatic rings. The molecule has 0 spiro atoms. The van der Waals surface area contributed by atoms with Crippen molar-refractivity contribution in [2.24, 2.45) is 10.9 Å². The molecule has 3 nitrogen and oxygen atoms in total. The summed E-state index contributed by atoms with van der Waals surface area (Å²) in [5, 5.41) is 5.67. The second-order valence-electron chi connectivity index (χ2n) is 6.75. The summed E-state index contributed by atoms with van der Waals surface area (Å²) in [5.74, 6) is 0.624. The zero-order chi connectivity index (χ0) is 18.2. The summed E-state index contributed by atoms with van der Waals surface area (Å²) < 4.78 is 0. The number of hydrogen-bond acceptors (Lipinski definition) is 4. The normalized spacial score (nSPS) is 16.2. The predicted molar refractivity (Wildman–Crippen MR) is 113 cm³/mol. The standard InChI is InChI=1S/C21H31N3S/c1-6-19(14-17-10-9-13-20(15-17)24(4)5)23-16(2)25-21(22-3)18-11-7-8-12-18/h6,9-10,13,15,18,23H,2,7-8,11-12,14H2,1,3-5H3/b19-6-,22-21?. The fourth-order valence-electron chi connectivity index (χ4n) is 3.20. The van der Waals surface area contributed by atoms with Gasteiger partial charge in [0, 0.05) is 44.9 Å². The van der Waals surface area contributed by atoms with Crippen molar-refractivity contribution in [3.8, 4) is 0 Å². The van der Waals surface area contributed by atoms with Crippen molar-refractivity contribution in [2.45, 2.75) is 39.0 Å². The largest absolute Gasteiger partial charge is 0.378 e. The summed E-state index contributed by atoms with van der Waals surface area (Å²) in [5.41, 5.74) is 3.70. The Hall–Kier alpha value is -1.68. The number of nitrogens with one attached hydrogen (secondary N) is 1. The van der Waals surface area contributed by atoms with E-state index in [1.54, 1.807) is 11.8 Å². The molecule has 0 amide bonds. The van der Waals surface area contributed by atoms with Gasteiger partial charge in [0.2, 0.25) is 0 Å². The summed E-state index contributed by atoms with van der Waals surface area (Å²) >= 11 is 1.70. The second-order valence-corrected chi connectivity index (χ2v) is 7.86. The van der Waals surface area contributed by atoms with Crippen LogP contribution in [0.2, 0.25) is 0 Å². The van der Waals surface area contributed by atoms with E-state index in [1.807, 2.05) is 7.05 Å². The van der Waals surface area contributed by atoms with Crippen molar-refractivity contribution < 1.29 is 0 Å². The van der Waals surface area contributed by atoms with Crippen LogP contribution in [0.1, 0.15) is 38.2 Å². The monoisotopic (exact) mass is 357 g/mol. The summed E-state index contributed by atoms with van der Waals surface area (Å²) in [6.07, 6.45) is 8.19. The van der Waals surface area contributed by atoms with Crippen molar-refractivity contribution in [2.75, 3.05) is 26.0 Å². The number of hydrogen-bond donors (Lipinski definition) is 1. The molecule has 0 atom stereocenters. The molecule has 0 heterocycles. The fourth-order valence-corrected chi connectivity index (χ4v) is 4.13. The van der Waals surface area contributed by atoms with Crippen LogP contribution in [0.4, 0.5) is 5.69 Å². The average Bonchev–Trinajstić information content (AvgIpc) is 3.13. The van der Waals surface area contributed by atoms with E-state index in [1.165, 1.54) is 47.7 Å². The minimum atomic E-state index is 0.624. The highest BCUT2D eigenvalue weighted by atomic mass is 32.2. The molecular formula is C21H31N3S. The number of benzene rings is 1. The van der Waals surface area contributed by atoms with Crippen molar-refractivity contribution in [3.05, 3.63) is 53.2 Å². The van der Waals surface area contributed by atoms with Gasteiger partial charge < -0.3 is 10.2 Å². The third kappa shape index (κ3) is 5.96. The smallest absolute Gasteiger partial charge is 0.0764 e. The number of nitrogens with zero attached hydrogens (tertiary/aromatic N) is 2. The first-order chi connectivity index (χ1) is 12.0. The molecule has 1 aromatic rings. The van der Waals surface area contributed by atoms with Gasteiger partial charge in [0.05, 0.1) is 10.1 Å². The molecule has 4 heteroatoms. The lowest BCUT2D eigenvalue weighted by Crippen LogP contribution is -2.16. The van der Waals surface area contributed by atoms with E-state index in [4.69, 9.17) is 0 Å². The summed E-state index contributed by atoms with van der Waals surface area (Å²) in [6, 6.07) is 8.65. The number of thioether (sulfide) groups is 1. The van der Waals surface area contributed by atoms with Crippen LogP contribution in [-0.4, -0.2) is 26.2 Å². The third-order valence-electron chi connectivity index (χ3n) is 4.62.